The third kappa shape index (κ3) is 6.50. The van der Waals surface area contributed by atoms with Crippen molar-refractivity contribution in [2.75, 3.05) is 57.9 Å². The molecule has 0 bridgehead atoms. The number of aromatic nitrogens is 2. The van der Waals surface area contributed by atoms with Crippen LogP contribution in [0.25, 0.3) is 22.4 Å². The number of nitrogens with one attached hydrogen (secondary N) is 1. The van der Waals surface area contributed by atoms with Crippen LogP contribution in [0, 0.1) is 12.3 Å². The maximum Gasteiger partial charge on any atom is 0.138 e. The van der Waals surface area contributed by atoms with Crippen molar-refractivity contribution in [3.05, 3.63) is 42.5 Å². The lowest BCUT2D eigenvalue weighted by molar-refractivity contribution is 0.161. The first-order chi connectivity index (χ1) is 16.2. The summed E-state index contributed by atoms with van der Waals surface area (Å²) in [5, 5.41) is 0. The molecule has 0 aliphatic carbocycles. The van der Waals surface area contributed by atoms with E-state index in [2.05, 4.69) is 58.1 Å². The van der Waals surface area contributed by atoms with Gasteiger partial charge in [0.2, 0.25) is 0 Å². The number of fused-ring (bicyclic) bond motifs is 1. The molecule has 174 valence electrons. The molecule has 0 unspecified atom stereocenters. The van der Waals surface area contributed by atoms with Crippen LogP contribution in [0.2, 0.25) is 0 Å². The first kappa shape index (κ1) is 23.2. The average Bonchev–Trinajstić information content (AvgIpc) is 3.27. The third-order valence-corrected chi connectivity index (χ3v) is 6.10. The lowest BCUT2D eigenvalue weighted by Gasteiger charge is -2.34. The van der Waals surface area contributed by atoms with Crippen molar-refractivity contribution in [3.8, 4) is 29.5 Å². The molecule has 0 spiro atoms. The van der Waals surface area contributed by atoms with Gasteiger partial charge in [0, 0.05) is 44.0 Å². The first-order valence-corrected chi connectivity index (χ1v) is 11.9. The highest BCUT2D eigenvalue weighted by Gasteiger charge is 2.15. The van der Waals surface area contributed by atoms with Gasteiger partial charge in [-0.15, -0.1) is 6.42 Å². The van der Waals surface area contributed by atoms with Crippen LogP contribution in [-0.4, -0.2) is 67.9 Å². The SMILES string of the molecule is C#CCOCCCCCCOc1ccc(-c2nc3ccc(N4CCN(C)CC4)cc3[nH]2)cc1. The normalized spacial score (nSPS) is 14.5. The Balaban J connectivity index is 1.27. The minimum Gasteiger partial charge on any atom is -0.494 e. The first-order valence-electron chi connectivity index (χ1n) is 11.9. The zero-order valence-electron chi connectivity index (χ0n) is 19.6. The highest BCUT2D eigenvalue weighted by atomic mass is 16.5. The molecule has 33 heavy (non-hydrogen) atoms. The van der Waals surface area contributed by atoms with Crippen molar-refractivity contribution in [2.24, 2.45) is 0 Å². The summed E-state index contributed by atoms with van der Waals surface area (Å²) < 4.78 is 11.2. The van der Waals surface area contributed by atoms with Crippen LogP contribution in [-0.2, 0) is 4.74 Å². The lowest BCUT2D eigenvalue weighted by atomic mass is 10.2. The number of hydrogen-bond acceptors (Lipinski definition) is 5. The quantitative estimate of drug-likeness (QED) is 0.345. The molecule has 6 nitrogen and oxygen atoms in total. The van der Waals surface area contributed by atoms with Crippen molar-refractivity contribution in [1.29, 1.82) is 0 Å². The van der Waals surface area contributed by atoms with E-state index < -0.39 is 0 Å². The Hall–Kier alpha value is -3.01. The van der Waals surface area contributed by atoms with E-state index in [0.29, 0.717) is 6.61 Å². The molecule has 1 aliphatic rings. The standard InChI is InChI=1S/C27H34N4O2/c1-3-18-32-19-6-4-5-7-20-33-24-11-8-22(9-12-24)27-28-25-13-10-23(21-26(25)29-27)31-16-14-30(2)15-17-31/h1,8-13,21H,4-7,14-20H2,2H3,(H,28,29). The number of rotatable bonds is 11. The molecule has 1 aliphatic heterocycles. The van der Waals surface area contributed by atoms with Crippen LogP contribution in [0.4, 0.5) is 5.69 Å². The van der Waals surface area contributed by atoms with Crippen LogP contribution in [0.1, 0.15) is 25.7 Å². The van der Waals surface area contributed by atoms with E-state index in [-0.39, 0.29) is 0 Å². The molecule has 1 saturated heterocycles. The molecule has 1 aromatic heterocycles. The Labute approximate surface area is 196 Å². The van der Waals surface area contributed by atoms with E-state index in [4.69, 9.17) is 20.9 Å². The number of piperazine rings is 1. The number of likely N-dealkylation sites (N-methyl/N-ethyl adjacent to an activating group) is 1. The van der Waals surface area contributed by atoms with E-state index >= 15 is 0 Å². The fraction of sp³-hybridized carbons (Fsp3) is 0.444. The van der Waals surface area contributed by atoms with Gasteiger partial charge in [0.05, 0.1) is 17.6 Å². The maximum absolute atomic E-state index is 5.89. The number of unbranched alkanes of at least 4 members (excludes halogenated alkanes) is 3. The van der Waals surface area contributed by atoms with Gasteiger partial charge in [0.15, 0.2) is 0 Å². The van der Waals surface area contributed by atoms with Gasteiger partial charge < -0.3 is 24.3 Å². The number of terminal acetylenes is 1. The lowest BCUT2D eigenvalue weighted by Crippen LogP contribution is -2.44. The number of imidazole rings is 1. The van der Waals surface area contributed by atoms with Crippen molar-refractivity contribution in [3.63, 3.8) is 0 Å². The van der Waals surface area contributed by atoms with Crippen molar-refractivity contribution < 1.29 is 9.47 Å². The van der Waals surface area contributed by atoms with Crippen molar-refractivity contribution >= 4 is 16.7 Å². The molecule has 1 N–H and O–H groups in total. The number of hydrogen-bond donors (Lipinski definition) is 1. The minimum absolute atomic E-state index is 0.408. The zero-order chi connectivity index (χ0) is 22.9. The van der Waals surface area contributed by atoms with E-state index in [0.717, 1.165) is 93.2 Å². The summed E-state index contributed by atoms with van der Waals surface area (Å²) in [6, 6.07) is 14.7. The van der Waals surface area contributed by atoms with Gasteiger partial charge in [-0.1, -0.05) is 12.3 Å². The van der Waals surface area contributed by atoms with Gasteiger partial charge in [-0.05, 0) is 68.8 Å². The van der Waals surface area contributed by atoms with E-state index in [9.17, 15) is 0 Å². The predicted molar refractivity (Wildman–Crippen MR) is 135 cm³/mol. The van der Waals surface area contributed by atoms with Crippen molar-refractivity contribution in [1.82, 2.24) is 14.9 Å². The van der Waals surface area contributed by atoms with Crippen molar-refractivity contribution in [2.45, 2.75) is 25.7 Å². The fourth-order valence-electron chi connectivity index (χ4n) is 4.09. The fourth-order valence-corrected chi connectivity index (χ4v) is 4.09. The summed E-state index contributed by atoms with van der Waals surface area (Å²) in [7, 11) is 2.18. The molecule has 2 aromatic carbocycles. The van der Waals surface area contributed by atoms with Crippen LogP contribution in [0.5, 0.6) is 5.75 Å². The number of benzene rings is 2. The van der Waals surface area contributed by atoms with E-state index in [1.807, 2.05) is 12.1 Å². The summed E-state index contributed by atoms with van der Waals surface area (Å²) in [5.41, 5.74) is 4.39. The second-order valence-corrected chi connectivity index (χ2v) is 8.62. The van der Waals surface area contributed by atoms with E-state index in [1.54, 1.807) is 0 Å². The Morgan fingerprint density at radius 2 is 1.73 bits per heavy atom. The Bertz CT molecular complexity index is 1050. The summed E-state index contributed by atoms with van der Waals surface area (Å²) in [4.78, 5) is 13.1. The maximum atomic E-state index is 5.89. The molecular formula is C27H34N4O2. The number of anilines is 1. The number of H-pyrrole nitrogens is 1. The second-order valence-electron chi connectivity index (χ2n) is 8.62. The van der Waals surface area contributed by atoms with Gasteiger partial charge in [-0.25, -0.2) is 4.98 Å². The largest absolute Gasteiger partial charge is 0.494 e. The molecule has 1 fully saturated rings. The minimum atomic E-state index is 0.408. The molecule has 0 saturated carbocycles. The molecule has 0 atom stereocenters. The summed E-state index contributed by atoms with van der Waals surface area (Å²) in [5.74, 6) is 4.26. The monoisotopic (exact) mass is 446 g/mol. The Kier molecular flexibility index (Phi) is 8.24. The molecule has 0 amide bonds. The molecule has 4 rings (SSSR count). The van der Waals surface area contributed by atoms with Gasteiger partial charge >= 0.3 is 0 Å². The predicted octanol–water partition coefficient (Wildman–Crippen LogP) is 4.57. The van der Waals surface area contributed by atoms with Gasteiger partial charge in [-0.3, -0.25) is 0 Å². The molecule has 3 aromatic rings. The van der Waals surface area contributed by atoms with Crippen LogP contribution in [0.3, 0.4) is 0 Å². The molecule has 2 heterocycles. The zero-order valence-corrected chi connectivity index (χ0v) is 19.6. The highest BCUT2D eigenvalue weighted by Crippen LogP contribution is 2.26. The summed E-state index contributed by atoms with van der Waals surface area (Å²) >= 11 is 0. The second kappa shape index (κ2) is 11.7. The smallest absolute Gasteiger partial charge is 0.138 e. The summed E-state index contributed by atoms with van der Waals surface area (Å²) in [6.07, 6.45) is 9.51. The molecular weight excluding hydrogens is 412 g/mol. The van der Waals surface area contributed by atoms with E-state index in [1.165, 1.54) is 5.69 Å². The topological polar surface area (TPSA) is 53.6 Å². The van der Waals surface area contributed by atoms with Crippen LogP contribution in [0.15, 0.2) is 42.5 Å². The third-order valence-electron chi connectivity index (χ3n) is 6.10. The Morgan fingerprint density at radius 1 is 0.970 bits per heavy atom. The van der Waals surface area contributed by atoms with Crippen LogP contribution < -0.4 is 9.64 Å². The van der Waals surface area contributed by atoms with Gasteiger partial charge in [0.1, 0.15) is 18.2 Å². The number of ether oxygens (including phenoxy) is 2. The number of aromatic amines is 1. The Morgan fingerprint density at radius 3 is 2.48 bits per heavy atom. The molecule has 0 radical (unpaired) electrons. The molecule has 6 heteroatoms. The summed E-state index contributed by atoms with van der Waals surface area (Å²) in [6.45, 7) is 6.20. The van der Waals surface area contributed by atoms with Gasteiger partial charge in [0.25, 0.3) is 0 Å². The highest BCUT2D eigenvalue weighted by molar-refractivity contribution is 5.83. The van der Waals surface area contributed by atoms with Crippen LogP contribution >= 0.6 is 0 Å². The number of nitrogens with zero attached hydrogens (tertiary/aromatic N) is 3. The van der Waals surface area contributed by atoms with Gasteiger partial charge in [-0.2, -0.15) is 0 Å². The average molecular weight is 447 g/mol.